The average molecular weight is 296 g/mol. The third-order valence-electron chi connectivity index (χ3n) is 3.46. The van der Waals surface area contributed by atoms with Crippen molar-refractivity contribution < 1.29 is 14.8 Å². The van der Waals surface area contributed by atoms with Crippen molar-refractivity contribution in [3.8, 4) is 5.75 Å². The predicted molar refractivity (Wildman–Crippen MR) is 81.4 cm³/mol. The van der Waals surface area contributed by atoms with Crippen LogP contribution in [0, 0.1) is 15.5 Å². The number of nitrogens with one attached hydrogen (secondary N) is 1. The molecule has 0 saturated heterocycles. The number of nitro benzene ring substituents is 1. The summed E-state index contributed by atoms with van der Waals surface area (Å²) < 4.78 is 4.98. The summed E-state index contributed by atoms with van der Waals surface area (Å²) in [5.74, 6) is 0.256. The van der Waals surface area contributed by atoms with E-state index < -0.39 is 4.92 Å². The molecule has 0 amide bonds. The normalized spacial score (nSPS) is 13.0. The molecule has 0 aromatic heterocycles. The first-order valence-corrected chi connectivity index (χ1v) is 6.95. The number of rotatable bonds is 7. The molecule has 1 atom stereocenters. The van der Waals surface area contributed by atoms with Crippen LogP contribution in [0.1, 0.15) is 32.8 Å². The zero-order valence-electron chi connectivity index (χ0n) is 13.0. The number of aliphatic hydroxyl groups is 1. The van der Waals surface area contributed by atoms with Gasteiger partial charge in [-0.25, -0.2) is 0 Å². The van der Waals surface area contributed by atoms with Gasteiger partial charge in [0.15, 0.2) is 5.75 Å². The Balaban J connectivity index is 2.83. The summed E-state index contributed by atoms with van der Waals surface area (Å²) in [7, 11) is 1.41. The molecule has 0 radical (unpaired) electrons. The lowest BCUT2D eigenvalue weighted by atomic mass is 9.85. The Bertz CT molecular complexity index is 483. The Kier molecular flexibility index (Phi) is 6.11. The third-order valence-corrected chi connectivity index (χ3v) is 3.46. The van der Waals surface area contributed by atoms with E-state index in [-0.39, 0.29) is 29.5 Å². The van der Waals surface area contributed by atoms with E-state index in [1.54, 1.807) is 12.1 Å². The summed E-state index contributed by atoms with van der Waals surface area (Å²) in [6, 6.07) is 5.05. The maximum Gasteiger partial charge on any atom is 0.311 e. The van der Waals surface area contributed by atoms with Gasteiger partial charge in [0.2, 0.25) is 0 Å². The van der Waals surface area contributed by atoms with Crippen molar-refractivity contribution in [1.82, 2.24) is 5.32 Å². The predicted octanol–water partition coefficient (Wildman–Crippen LogP) is 2.49. The van der Waals surface area contributed by atoms with E-state index in [0.717, 1.165) is 5.56 Å². The third kappa shape index (κ3) is 4.99. The van der Waals surface area contributed by atoms with Gasteiger partial charge in [0.25, 0.3) is 0 Å². The van der Waals surface area contributed by atoms with Crippen LogP contribution in [0.5, 0.6) is 5.75 Å². The van der Waals surface area contributed by atoms with Crippen LogP contribution in [0.4, 0.5) is 5.69 Å². The molecule has 1 aromatic rings. The van der Waals surface area contributed by atoms with E-state index in [1.165, 1.54) is 13.2 Å². The smallest absolute Gasteiger partial charge is 0.311 e. The van der Waals surface area contributed by atoms with E-state index in [4.69, 9.17) is 9.84 Å². The van der Waals surface area contributed by atoms with Crippen LogP contribution in [0.25, 0.3) is 0 Å². The first kappa shape index (κ1) is 17.4. The molecule has 21 heavy (non-hydrogen) atoms. The molecule has 1 aromatic carbocycles. The fourth-order valence-corrected chi connectivity index (χ4v) is 2.20. The van der Waals surface area contributed by atoms with Gasteiger partial charge in [-0.15, -0.1) is 0 Å². The minimum atomic E-state index is -0.447. The molecule has 0 aliphatic rings. The van der Waals surface area contributed by atoms with Crippen molar-refractivity contribution >= 4 is 5.69 Å². The molecular formula is C15H24N2O4. The SMILES string of the molecule is COc1ccc(CNC(CCO)C(C)(C)C)cc1[N+](=O)[O-]. The average Bonchev–Trinajstić information content (AvgIpc) is 2.41. The van der Waals surface area contributed by atoms with Crippen LogP contribution in [-0.2, 0) is 6.54 Å². The number of nitrogens with zero attached hydrogens (tertiary/aromatic N) is 1. The van der Waals surface area contributed by atoms with Crippen molar-refractivity contribution in [2.24, 2.45) is 5.41 Å². The van der Waals surface area contributed by atoms with Crippen LogP contribution in [0.15, 0.2) is 18.2 Å². The molecule has 0 aliphatic carbocycles. The monoisotopic (exact) mass is 296 g/mol. The molecule has 0 bridgehead atoms. The molecule has 0 spiro atoms. The van der Waals surface area contributed by atoms with Gasteiger partial charge in [-0.05, 0) is 23.5 Å². The number of aliphatic hydroxyl groups excluding tert-OH is 1. The zero-order valence-corrected chi connectivity index (χ0v) is 13.0. The Morgan fingerprint density at radius 3 is 2.57 bits per heavy atom. The van der Waals surface area contributed by atoms with Crippen LogP contribution < -0.4 is 10.1 Å². The van der Waals surface area contributed by atoms with Crippen LogP contribution in [0.3, 0.4) is 0 Å². The first-order chi connectivity index (χ1) is 9.79. The number of methoxy groups -OCH3 is 1. The van der Waals surface area contributed by atoms with Crippen molar-refractivity contribution in [2.45, 2.75) is 39.8 Å². The Morgan fingerprint density at radius 2 is 2.10 bits per heavy atom. The Hall–Kier alpha value is -1.66. The molecule has 118 valence electrons. The fourth-order valence-electron chi connectivity index (χ4n) is 2.20. The van der Waals surface area contributed by atoms with Crippen molar-refractivity contribution in [2.75, 3.05) is 13.7 Å². The standard InChI is InChI=1S/C15H24N2O4/c1-15(2,3)14(7-8-18)16-10-11-5-6-13(21-4)12(9-11)17(19)20/h5-6,9,14,16,18H,7-8,10H2,1-4H3. The molecule has 6 heteroatoms. The van der Waals surface area contributed by atoms with E-state index in [9.17, 15) is 10.1 Å². The second-order valence-electron chi connectivity index (χ2n) is 6.08. The maximum absolute atomic E-state index is 11.0. The highest BCUT2D eigenvalue weighted by molar-refractivity contribution is 5.48. The fraction of sp³-hybridized carbons (Fsp3) is 0.600. The van der Waals surface area contributed by atoms with Gasteiger partial charge in [0.05, 0.1) is 12.0 Å². The molecule has 0 fully saturated rings. The highest BCUT2D eigenvalue weighted by atomic mass is 16.6. The number of hydrogen-bond acceptors (Lipinski definition) is 5. The molecule has 0 heterocycles. The van der Waals surface area contributed by atoms with Gasteiger partial charge in [0.1, 0.15) is 0 Å². The van der Waals surface area contributed by atoms with Gasteiger partial charge < -0.3 is 15.2 Å². The lowest BCUT2D eigenvalue weighted by Gasteiger charge is -2.31. The number of nitro groups is 1. The molecular weight excluding hydrogens is 272 g/mol. The van der Waals surface area contributed by atoms with Crippen LogP contribution in [0.2, 0.25) is 0 Å². The molecule has 1 unspecified atom stereocenters. The second-order valence-corrected chi connectivity index (χ2v) is 6.08. The van der Waals surface area contributed by atoms with Gasteiger partial charge in [-0.2, -0.15) is 0 Å². The molecule has 2 N–H and O–H groups in total. The summed E-state index contributed by atoms with van der Waals surface area (Å²) in [5, 5.41) is 23.5. The van der Waals surface area contributed by atoms with Gasteiger partial charge in [-0.1, -0.05) is 26.8 Å². The van der Waals surface area contributed by atoms with Crippen LogP contribution >= 0.6 is 0 Å². The van der Waals surface area contributed by atoms with E-state index >= 15 is 0 Å². The number of ether oxygens (including phenoxy) is 1. The molecule has 0 aliphatic heterocycles. The molecule has 6 nitrogen and oxygen atoms in total. The zero-order chi connectivity index (χ0) is 16.0. The summed E-state index contributed by atoms with van der Waals surface area (Å²) in [6.07, 6.45) is 0.641. The highest BCUT2D eigenvalue weighted by Crippen LogP contribution is 2.28. The lowest BCUT2D eigenvalue weighted by molar-refractivity contribution is -0.385. The largest absolute Gasteiger partial charge is 0.490 e. The summed E-state index contributed by atoms with van der Waals surface area (Å²) in [5.41, 5.74) is 0.780. The van der Waals surface area contributed by atoms with Gasteiger partial charge in [0, 0.05) is 25.3 Å². The Labute approximate surface area is 125 Å². The summed E-state index contributed by atoms with van der Waals surface area (Å²) in [6.45, 7) is 6.90. The van der Waals surface area contributed by atoms with Gasteiger partial charge in [-0.3, -0.25) is 10.1 Å². The van der Waals surface area contributed by atoms with Crippen molar-refractivity contribution in [1.29, 1.82) is 0 Å². The van der Waals surface area contributed by atoms with Crippen molar-refractivity contribution in [3.63, 3.8) is 0 Å². The quantitative estimate of drug-likeness (QED) is 0.596. The Morgan fingerprint density at radius 1 is 1.43 bits per heavy atom. The molecule has 1 rings (SSSR count). The summed E-state index contributed by atoms with van der Waals surface area (Å²) in [4.78, 5) is 10.6. The number of hydrogen-bond donors (Lipinski definition) is 2. The van der Waals surface area contributed by atoms with Crippen LogP contribution in [-0.4, -0.2) is 29.8 Å². The minimum Gasteiger partial charge on any atom is -0.490 e. The number of benzene rings is 1. The van der Waals surface area contributed by atoms with E-state index in [0.29, 0.717) is 13.0 Å². The van der Waals surface area contributed by atoms with Crippen molar-refractivity contribution in [3.05, 3.63) is 33.9 Å². The second kappa shape index (κ2) is 7.38. The molecule has 0 saturated carbocycles. The highest BCUT2D eigenvalue weighted by Gasteiger charge is 2.24. The topological polar surface area (TPSA) is 84.6 Å². The first-order valence-electron chi connectivity index (χ1n) is 6.95. The summed E-state index contributed by atoms with van der Waals surface area (Å²) >= 11 is 0. The van der Waals surface area contributed by atoms with E-state index in [1.807, 2.05) is 0 Å². The maximum atomic E-state index is 11.0. The minimum absolute atomic E-state index is 0.00112. The van der Waals surface area contributed by atoms with E-state index in [2.05, 4.69) is 26.1 Å². The lowest BCUT2D eigenvalue weighted by Crippen LogP contribution is -2.40. The van der Waals surface area contributed by atoms with Gasteiger partial charge >= 0.3 is 5.69 Å².